The van der Waals surface area contributed by atoms with Crippen molar-refractivity contribution in [3.63, 3.8) is 0 Å². The first-order valence-electron chi connectivity index (χ1n) is 10.5. The molecule has 0 atom stereocenters. The fraction of sp³-hybridized carbons (Fsp3) is 0.240. The summed E-state index contributed by atoms with van der Waals surface area (Å²) in [5.41, 5.74) is 1.06. The molecule has 1 fully saturated rings. The third-order valence-corrected chi connectivity index (χ3v) is 5.27. The first kappa shape index (κ1) is 21.5. The number of hydrogen-bond donors (Lipinski definition) is 0. The van der Waals surface area contributed by atoms with Crippen LogP contribution in [0, 0.1) is 5.82 Å². The molecule has 4 rings (SSSR count). The number of piperidine rings is 1. The van der Waals surface area contributed by atoms with Gasteiger partial charge in [0.2, 0.25) is 5.91 Å². The fourth-order valence-electron chi connectivity index (χ4n) is 3.57. The zero-order valence-corrected chi connectivity index (χ0v) is 17.4. The van der Waals surface area contributed by atoms with Crippen molar-refractivity contribution in [1.82, 2.24) is 9.88 Å². The van der Waals surface area contributed by atoms with Gasteiger partial charge in [-0.15, -0.1) is 0 Å². The number of aromatic nitrogens is 1. The summed E-state index contributed by atoms with van der Waals surface area (Å²) in [5, 5.41) is 0. The number of ether oxygens (including phenoxy) is 2. The molecule has 164 valence electrons. The van der Waals surface area contributed by atoms with E-state index in [0.717, 1.165) is 24.5 Å². The molecule has 2 aromatic carbocycles. The van der Waals surface area contributed by atoms with E-state index in [0.29, 0.717) is 31.0 Å². The van der Waals surface area contributed by atoms with Crippen LogP contribution in [0.5, 0.6) is 11.5 Å². The van der Waals surface area contributed by atoms with Gasteiger partial charge in [0.1, 0.15) is 23.4 Å². The van der Waals surface area contributed by atoms with Crippen LogP contribution >= 0.6 is 0 Å². The van der Waals surface area contributed by atoms with Crippen LogP contribution in [0.3, 0.4) is 0 Å². The van der Waals surface area contributed by atoms with E-state index in [9.17, 15) is 14.0 Å². The van der Waals surface area contributed by atoms with Crippen LogP contribution in [0.2, 0.25) is 0 Å². The predicted molar refractivity (Wildman–Crippen MR) is 116 cm³/mol. The molecule has 6 nitrogen and oxygen atoms in total. The summed E-state index contributed by atoms with van der Waals surface area (Å²) >= 11 is 0. The lowest BCUT2D eigenvalue weighted by Crippen LogP contribution is -2.42. The molecule has 1 amide bonds. The number of hydrogen-bond acceptors (Lipinski definition) is 5. The lowest BCUT2D eigenvalue weighted by atomic mass is 10.1. The van der Waals surface area contributed by atoms with Crippen molar-refractivity contribution in [3.05, 3.63) is 90.0 Å². The molecule has 2 heterocycles. The lowest BCUT2D eigenvalue weighted by Gasteiger charge is -2.32. The van der Waals surface area contributed by atoms with Gasteiger partial charge >= 0.3 is 5.97 Å². The SMILES string of the molecule is O=C(Oc1ccc(OC2CCN(C(=O)Cc3cccnc3)CC2)cc1)c1cccc(F)c1. The van der Waals surface area contributed by atoms with E-state index in [1.165, 1.54) is 18.2 Å². The summed E-state index contributed by atoms with van der Waals surface area (Å²) in [4.78, 5) is 30.5. The Bertz CT molecular complexity index is 1060. The molecule has 1 aliphatic heterocycles. The summed E-state index contributed by atoms with van der Waals surface area (Å²) in [5.74, 6) is -0.00597. The Morgan fingerprint density at radius 2 is 1.75 bits per heavy atom. The third kappa shape index (κ3) is 5.69. The van der Waals surface area contributed by atoms with E-state index in [-0.39, 0.29) is 17.6 Å². The molecule has 7 heteroatoms. The van der Waals surface area contributed by atoms with Crippen molar-refractivity contribution in [1.29, 1.82) is 0 Å². The second-order valence-corrected chi connectivity index (χ2v) is 7.61. The van der Waals surface area contributed by atoms with Crippen molar-refractivity contribution in [2.24, 2.45) is 0 Å². The standard InChI is InChI=1S/C25H23FN2O4/c26-20-5-1-4-19(16-20)25(30)32-22-8-6-21(7-9-22)31-23-10-13-28(14-11-23)24(29)15-18-3-2-12-27-17-18/h1-9,12,16-17,23H,10-11,13-15H2. The molecule has 3 aromatic rings. The summed E-state index contributed by atoms with van der Waals surface area (Å²) in [6.45, 7) is 1.29. The Morgan fingerprint density at radius 1 is 1.00 bits per heavy atom. The number of likely N-dealkylation sites (tertiary alicyclic amines) is 1. The van der Waals surface area contributed by atoms with Gasteiger partial charge in [-0.05, 0) is 54.1 Å². The van der Waals surface area contributed by atoms with Crippen LogP contribution < -0.4 is 9.47 Å². The van der Waals surface area contributed by atoms with E-state index in [2.05, 4.69) is 4.98 Å². The minimum absolute atomic E-state index is 0.0122. The molecule has 0 aliphatic carbocycles. The molecule has 0 unspecified atom stereocenters. The highest BCUT2D eigenvalue weighted by atomic mass is 19.1. The molecule has 32 heavy (non-hydrogen) atoms. The number of carbonyl (C=O) groups is 2. The average Bonchev–Trinajstić information content (AvgIpc) is 2.81. The Hall–Kier alpha value is -3.74. The van der Waals surface area contributed by atoms with Gasteiger partial charge in [0.25, 0.3) is 0 Å². The number of halogens is 1. The van der Waals surface area contributed by atoms with Gasteiger partial charge in [-0.2, -0.15) is 0 Å². The number of rotatable bonds is 6. The number of amides is 1. The van der Waals surface area contributed by atoms with Crippen LogP contribution in [0.25, 0.3) is 0 Å². The zero-order valence-electron chi connectivity index (χ0n) is 17.4. The monoisotopic (exact) mass is 434 g/mol. The van der Waals surface area contributed by atoms with Crippen LogP contribution in [-0.4, -0.2) is 41.0 Å². The minimum atomic E-state index is -0.624. The van der Waals surface area contributed by atoms with Gasteiger partial charge in [-0.1, -0.05) is 12.1 Å². The highest BCUT2D eigenvalue weighted by Crippen LogP contribution is 2.23. The Morgan fingerprint density at radius 3 is 2.44 bits per heavy atom. The highest BCUT2D eigenvalue weighted by molar-refractivity contribution is 5.91. The van der Waals surface area contributed by atoms with Gasteiger partial charge in [0.15, 0.2) is 0 Å². The molecular weight excluding hydrogens is 411 g/mol. The summed E-state index contributed by atoms with van der Waals surface area (Å²) in [7, 11) is 0. The maximum Gasteiger partial charge on any atom is 0.343 e. The number of benzene rings is 2. The molecule has 1 saturated heterocycles. The first-order valence-corrected chi connectivity index (χ1v) is 10.5. The Balaban J connectivity index is 1.25. The van der Waals surface area contributed by atoms with Gasteiger partial charge in [0.05, 0.1) is 12.0 Å². The van der Waals surface area contributed by atoms with E-state index in [1.807, 2.05) is 17.0 Å². The van der Waals surface area contributed by atoms with E-state index < -0.39 is 11.8 Å². The maximum atomic E-state index is 13.3. The van der Waals surface area contributed by atoms with Crippen LogP contribution in [0.15, 0.2) is 73.1 Å². The van der Waals surface area contributed by atoms with Crippen molar-refractivity contribution in [2.45, 2.75) is 25.4 Å². The number of esters is 1. The van der Waals surface area contributed by atoms with Gasteiger partial charge < -0.3 is 14.4 Å². The van der Waals surface area contributed by atoms with Crippen molar-refractivity contribution in [3.8, 4) is 11.5 Å². The molecule has 0 radical (unpaired) electrons. The second-order valence-electron chi connectivity index (χ2n) is 7.61. The van der Waals surface area contributed by atoms with Gasteiger partial charge in [-0.3, -0.25) is 9.78 Å². The lowest BCUT2D eigenvalue weighted by molar-refractivity contribution is -0.132. The number of pyridine rings is 1. The fourth-order valence-corrected chi connectivity index (χ4v) is 3.57. The molecule has 1 aliphatic rings. The average molecular weight is 434 g/mol. The summed E-state index contributed by atoms with van der Waals surface area (Å²) < 4.78 is 24.6. The number of nitrogens with zero attached hydrogens (tertiary/aromatic N) is 2. The minimum Gasteiger partial charge on any atom is -0.490 e. The molecule has 0 spiro atoms. The quantitative estimate of drug-likeness (QED) is 0.432. The van der Waals surface area contributed by atoms with E-state index >= 15 is 0 Å². The molecule has 0 saturated carbocycles. The zero-order chi connectivity index (χ0) is 22.3. The normalized spacial score (nSPS) is 14.1. The van der Waals surface area contributed by atoms with Crippen LogP contribution in [0.1, 0.15) is 28.8 Å². The molecule has 0 bridgehead atoms. The second kappa shape index (κ2) is 10.0. The topological polar surface area (TPSA) is 68.7 Å². The largest absolute Gasteiger partial charge is 0.490 e. The third-order valence-electron chi connectivity index (χ3n) is 5.27. The Kier molecular flexibility index (Phi) is 6.75. The molecule has 1 aromatic heterocycles. The van der Waals surface area contributed by atoms with E-state index in [1.54, 1.807) is 36.7 Å². The van der Waals surface area contributed by atoms with Gasteiger partial charge in [0, 0.05) is 38.3 Å². The summed E-state index contributed by atoms with van der Waals surface area (Å²) in [6.07, 6.45) is 5.27. The van der Waals surface area contributed by atoms with Crippen molar-refractivity contribution < 1.29 is 23.5 Å². The van der Waals surface area contributed by atoms with Crippen molar-refractivity contribution in [2.75, 3.05) is 13.1 Å². The van der Waals surface area contributed by atoms with E-state index in [4.69, 9.17) is 9.47 Å². The molecule has 0 N–H and O–H groups in total. The van der Waals surface area contributed by atoms with Crippen LogP contribution in [0.4, 0.5) is 4.39 Å². The van der Waals surface area contributed by atoms with Crippen molar-refractivity contribution >= 4 is 11.9 Å². The van der Waals surface area contributed by atoms with Crippen LogP contribution in [-0.2, 0) is 11.2 Å². The number of carbonyl (C=O) groups excluding carboxylic acids is 2. The highest BCUT2D eigenvalue weighted by Gasteiger charge is 2.24. The predicted octanol–water partition coefficient (Wildman–Crippen LogP) is 4.05. The van der Waals surface area contributed by atoms with Gasteiger partial charge in [-0.25, -0.2) is 9.18 Å². The Labute approximate surface area is 185 Å². The molecular formula is C25H23FN2O4. The maximum absolute atomic E-state index is 13.3. The first-order chi connectivity index (χ1) is 15.6. The summed E-state index contributed by atoms with van der Waals surface area (Å²) in [6, 6.07) is 15.8. The smallest absolute Gasteiger partial charge is 0.343 e.